The average molecular weight is 626 g/mol. The summed E-state index contributed by atoms with van der Waals surface area (Å²) in [6, 6.07) is 0. The van der Waals surface area contributed by atoms with Gasteiger partial charge in [-0.15, -0.1) is 0 Å². The van der Waals surface area contributed by atoms with E-state index >= 15 is 0 Å². The molecule has 14 heteroatoms. The summed E-state index contributed by atoms with van der Waals surface area (Å²) in [6.07, 6.45) is 7.04. The number of rotatable bonds is 19. The fourth-order valence-corrected chi connectivity index (χ4v) is 7.34. The van der Waals surface area contributed by atoms with Crippen LogP contribution in [-0.2, 0) is 32.2 Å². The molecular formula is C16H36NdO10P3. The summed E-state index contributed by atoms with van der Waals surface area (Å²) >= 11 is -0.225. The molecule has 0 saturated heterocycles. The van der Waals surface area contributed by atoms with E-state index in [0.29, 0.717) is 0 Å². The van der Waals surface area contributed by atoms with Crippen LogP contribution in [0.15, 0.2) is 0 Å². The van der Waals surface area contributed by atoms with Gasteiger partial charge in [-0.3, -0.25) is 0 Å². The van der Waals surface area contributed by atoms with Crippen LogP contribution in [0.4, 0.5) is 0 Å². The molecule has 0 heterocycles. The summed E-state index contributed by atoms with van der Waals surface area (Å²) in [4.78, 5) is 19.2. The van der Waals surface area contributed by atoms with Crippen LogP contribution in [0.5, 0.6) is 0 Å². The Morgan fingerprint density at radius 2 is 1.20 bits per heavy atom. The molecule has 0 rings (SSSR count). The third-order valence-corrected chi connectivity index (χ3v) is 11.2. The van der Waals surface area contributed by atoms with Crippen molar-refractivity contribution in [3.63, 3.8) is 0 Å². The molecule has 0 spiro atoms. The van der Waals surface area contributed by atoms with Crippen LogP contribution in [0.1, 0.15) is 79.1 Å². The minimum atomic E-state index is -5.26. The fraction of sp³-hybridized carbons (Fsp3) is 1.00. The molecule has 0 aromatic heterocycles. The molecule has 0 aromatic carbocycles. The van der Waals surface area contributed by atoms with E-state index in [-0.39, 0.29) is 64.4 Å². The Hall–Kier alpha value is 1.76. The van der Waals surface area contributed by atoms with Gasteiger partial charge in [0.25, 0.3) is 0 Å². The zero-order chi connectivity index (χ0) is 23.3. The molecule has 2 N–H and O–H groups in total. The van der Waals surface area contributed by atoms with Crippen LogP contribution in [0, 0.1) is 51.2 Å². The van der Waals surface area contributed by atoms with Crippen molar-refractivity contribution in [2.24, 2.45) is 11.8 Å². The second-order valence-corrected chi connectivity index (χ2v) is 13.6. The topological polar surface area (TPSA) is 138 Å². The van der Waals surface area contributed by atoms with Gasteiger partial charge >= 0.3 is 195 Å². The van der Waals surface area contributed by atoms with Crippen molar-refractivity contribution in [2.45, 2.75) is 79.1 Å². The summed E-state index contributed by atoms with van der Waals surface area (Å²) in [5.74, 6) is 0.112. The van der Waals surface area contributed by atoms with E-state index in [9.17, 15) is 23.5 Å². The summed E-state index contributed by atoms with van der Waals surface area (Å²) < 4.78 is 60.6. The molecular weight excluding hydrogens is 589 g/mol. The third-order valence-electron chi connectivity index (χ3n) is 4.55. The first-order valence-corrected chi connectivity index (χ1v) is 16.0. The van der Waals surface area contributed by atoms with Crippen LogP contribution >= 0.6 is 23.5 Å². The zero-order valence-corrected chi connectivity index (χ0v) is 24.1. The molecule has 0 amide bonds. The normalized spacial score (nSPS) is 20.0. The van der Waals surface area contributed by atoms with Crippen molar-refractivity contribution in [3.8, 4) is 0 Å². The first kappa shape index (κ1) is 31.8. The van der Waals surface area contributed by atoms with E-state index in [1.54, 1.807) is 0 Å². The van der Waals surface area contributed by atoms with Gasteiger partial charge in [0, 0.05) is 0 Å². The molecule has 10 nitrogen and oxygen atoms in total. The van der Waals surface area contributed by atoms with E-state index in [0.717, 1.165) is 51.4 Å². The Kier molecular flexibility index (Phi) is 17.4. The van der Waals surface area contributed by atoms with Crippen molar-refractivity contribution in [1.29, 1.82) is 0 Å². The second kappa shape index (κ2) is 16.4. The maximum absolute atomic E-state index is 13.1. The molecule has 0 fully saturated rings. The molecule has 0 radical (unpaired) electrons. The molecule has 0 aliphatic rings. The van der Waals surface area contributed by atoms with Gasteiger partial charge in [0.2, 0.25) is 0 Å². The predicted octanol–water partition coefficient (Wildman–Crippen LogP) is 6.28. The number of phosphoric acid groups is 3. The Morgan fingerprint density at radius 3 is 1.53 bits per heavy atom. The van der Waals surface area contributed by atoms with E-state index in [1.165, 1.54) is 0 Å². The molecule has 0 aliphatic heterocycles. The Bertz CT molecular complexity index is 582. The van der Waals surface area contributed by atoms with Crippen molar-refractivity contribution in [1.82, 2.24) is 0 Å². The summed E-state index contributed by atoms with van der Waals surface area (Å²) in [5.41, 5.74) is 0. The standard InChI is InChI=1S/C16H37O10P3.Nd/c1-5-9-11-15(7-3)13-23-29(22,24-14-16(8-4)12-10-6-2)26-28(20,21)25-27(17,18)19;/h15-16H,5-14H2,1-4H3,(H,20,21)(H2,17,18,19);/q;+1/p-1. The van der Waals surface area contributed by atoms with Crippen LogP contribution in [0.3, 0.4) is 0 Å². The van der Waals surface area contributed by atoms with Gasteiger partial charge in [-0.1, -0.05) is 13.8 Å². The number of phosphoric ester groups is 1. The van der Waals surface area contributed by atoms with E-state index < -0.39 is 23.5 Å². The molecule has 179 valence electrons. The first-order valence-electron chi connectivity index (χ1n) is 10.3. The van der Waals surface area contributed by atoms with Gasteiger partial charge in [0.1, 0.15) is 0 Å². The Morgan fingerprint density at radius 1 is 0.767 bits per heavy atom. The van der Waals surface area contributed by atoms with Gasteiger partial charge in [-0.2, -0.15) is 0 Å². The average Bonchev–Trinajstić information content (AvgIpc) is 2.67. The first-order chi connectivity index (χ1) is 14.0. The van der Waals surface area contributed by atoms with Crippen molar-refractivity contribution >= 4 is 23.5 Å². The minimum absolute atomic E-state index is 0.00644. The van der Waals surface area contributed by atoms with Gasteiger partial charge in [0.15, 0.2) is 0 Å². The second-order valence-electron chi connectivity index (χ2n) is 7.06. The van der Waals surface area contributed by atoms with E-state index in [4.69, 9.17) is 9.05 Å². The van der Waals surface area contributed by atoms with E-state index in [2.05, 4.69) is 23.3 Å². The number of hydrogen-bond donors (Lipinski definition) is 2. The Labute approximate surface area is 207 Å². The van der Waals surface area contributed by atoms with Gasteiger partial charge < -0.3 is 0 Å². The van der Waals surface area contributed by atoms with Crippen molar-refractivity contribution < 1.29 is 81.4 Å². The number of hydrogen-bond acceptors (Lipinski definition) is 8. The molecule has 0 bridgehead atoms. The van der Waals surface area contributed by atoms with Gasteiger partial charge in [0.05, 0.1) is 0 Å². The van der Waals surface area contributed by atoms with Crippen LogP contribution in [0.2, 0.25) is 0 Å². The molecule has 4 atom stereocenters. The molecule has 0 aromatic rings. The summed E-state index contributed by atoms with van der Waals surface area (Å²) in [5, 5.41) is 0. The predicted molar refractivity (Wildman–Crippen MR) is 109 cm³/mol. The Balaban J connectivity index is 5.33. The van der Waals surface area contributed by atoms with Gasteiger partial charge in [-0.25, -0.2) is 0 Å². The maximum atomic E-state index is 13.1. The molecule has 0 aliphatic carbocycles. The molecule has 30 heavy (non-hydrogen) atoms. The van der Waals surface area contributed by atoms with Gasteiger partial charge in [-0.05, 0) is 0 Å². The van der Waals surface area contributed by atoms with Crippen LogP contribution in [0.25, 0.3) is 0 Å². The quantitative estimate of drug-likeness (QED) is 0.158. The third kappa shape index (κ3) is 14.8. The SMILES string of the molecule is CCCCC(CC)COP(=O)(OCC(CC)CCCC)OP(=O)(O)OP(=O)(O)[O][Nd]. The van der Waals surface area contributed by atoms with Crippen molar-refractivity contribution in [2.75, 3.05) is 13.2 Å². The van der Waals surface area contributed by atoms with Crippen LogP contribution < -0.4 is 0 Å². The number of unbranched alkanes of at least 4 members (excludes halogenated alkanes) is 2. The van der Waals surface area contributed by atoms with Crippen molar-refractivity contribution in [3.05, 3.63) is 0 Å². The monoisotopic (exact) mass is 623 g/mol. The molecule has 0 saturated carbocycles. The summed E-state index contributed by atoms with van der Waals surface area (Å²) in [6.45, 7) is 8.01. The zero-order valence-electron chi connectivity index (χ0n) is 18.2. The fourth-order valence-electron chi connectivity index (χ4n) is 2.56. The summed E-state index contributed by atoms with van der Waals surface area (Å²) in [7, 11) is -14.6. The van der Waals surface area contributed by atoms with E-state index in [1.807, 2.05) is 13.8 Å². The van der Waals surface area contributed by atoms with Crippen LogP contribution in [-0.4, -0.2) is 23.0 Å². The molecule has 4 unspecified atom stereocenters.